The minimum Gasteiger partial charge on any atom is -0.469 e. The van der Waals surface area contributed by atoms with Crippen molar-refractivity contribution in [2.45, 2.75) is 26.7 Å². The van der Waals surface area contributed by atoms with Gasteiger partial charge in [0.05, 0.1) is 13.0 Å². The van der Waals surface area contributed by atoms with E-state index in [0.717, 1.165) is 38.4 Å². The van der Waals surface area contributed by atoms with E-state index in [9.17, 15) is 4.79 Å². The number of H-pyrrole nitrogens is 1. The number of para-hydroxylation sites is 1. The molecule has 6 heteroatoms. The highest BCUT2D eigenvalue weighted by molar-refractivity contribution is 5.83. The SMILES string of the molecule is CCNC(=NCCCc1c[nH]c2ccccc12)N1CC(C)C(C(=O)OC)C1. The molecule has 146 valence electrons. The second-order valence-corrected chi connectivity index (χ2v) is 7.21. The van der Waals surface area contributed by atoms with E-state index in [1.54, 1.807) is 0 Å². The van der Waals surface area contributed by atoms with Crippen LogP contribution in [0.15, 0.2) is 35.5 Å². The number of likely N-dealkylation sites (tertiary alicyclic amines) is 1. The van der Waals surface area contributed by atoms with Crippen molar-refractivity contribution in [3.8, 4) is 0 Å². The number of rotatable bonds is 6. The first kappa shape index (κ1) is 19.3. The number of benzene rings is 1. The van der Waals surface area contributed by atoms with Gasteiger partial charge in [0.1, 0.15) is 0 Å². The van der Waals surface area contributed by atoms with Crippen molar-refractivity contribution in [1.29, 1.82) is 0 Å². The van der Waals surface area contributed by atoms with Crippen LogP contribution >= 0.6 is 0 Å². The summed E-state index contributed by atoms with van der Waals surface area (Å²) in [5.41, 5.74) is 2.52. The number of carbonyl (C=O) groups is 1. The molecule has 0 saturated carbocycles. The van der Waals surface area contributed by atoms with Gasteiger partial charge in [0.15, 0.2) is 5.96 Å². The Hall–Kier alpha value is -2.50. The van der Waals surface area contributed by atoms with E-state index in [2.05, 4.69) is 53.4 Å². The first-order valence-electron chi connectivity index (χ1n) is 9.80. The third-order valence-corrected chi connectivity index (χ3v) is 5.29. The van der Waals surface area contributed by atoms with Crippen molar-refractivity contribution < 1.29 is 9.53 Å². The molecule has 3 rings (SSSR count). The first-order valence-corrected chi connectivity index (χ1v) is 9.80. The average Bonchev–Trinajstić information content (AvgIpc) is 3.27. The summed E-state index contributed by atoms with van der Waals surface area (Å²) >= 11 is 0. The lowest BCUT2D eigenvalue weighted by atomic mass is 9.99. The number of fused-ring (bicyclic) bond motifs is 1. The fraction of sp³-hybridized carbons (Fsp3) is 0.524. The first-order chi connectivity index (χ1) is 13.1. The number of aromatic amines is 1. The minimum absolute atomic E-state index is 0.0786. The molecular formula is C21H30N4O2. The zero-order valence-electron chi connectivity index (χ0n) is 16.5. The Bertz CT molecular complexity index is 798. The summed E-state index contributed by atoms with van der Waals surface area (Å²) in [5.74, 6) is 0.965. The Kier molecular flexibility index (Phi) is 6.37. The number of nitrogens with zero attached hydrogens (tertiary/aromatic N) is 2. The molecule has 1 aliphatic rings. The monoisotopic (exact) mass is 370 g/mol. The van der Waals surface area contributed by atoms with E-state index < -0.39 is 0 Å². The number of aliphatic imine (C=N–C) groups is 1. The van der Waals surface area contributed by atoms with Gasteiger partial charge in [-0.3, -0.25) is 9.79 Å². The third-order valence-electron chi connectivity index (χ3n) is 5.29. The van der Waals surface area contributed by atoms with Gasteiger partial charge < -0.3 is 19.9 Å². The van der Waals surface area contributed by atoms with Gasteiger partial charge in [0, 0.05) is 43.3 Å². The molecule has 0 amide bonds. The molecular weight excluding hydrogens is 340 g/mol. The fourth-order valence-electron chi connectivity index (χ4n) is 3.82. The Balaban J connectivity index is 1.58. The standard InChI is InChI=1S/C21H30N4O2/c1-4-22-21(25-13-15(2)18(14-25)20(26)27-3)23-11-7-8-16-12-24-19-10-6-5-9-17(16)19/h5-6,9-10,12,15,18,24H,4,7-8,11,13-14H2,1-3H3,(H,22,23). The lowest BCUT2D eigenvalue weighted by Crippen LogP contribution is -2.40. The maximum atomic E-state index is 11.9. The molecule has 0 spiro atoms. The molecule has 0 radical (unpaired) electrons. The second kappa shape index (κ2) is 8.93. The summed E-state index contributed by atoms with van der Waals surface area (Å²) in [6, 6.07) is 8.39. The minimum atomic E-state index is -0.125. The third kappa shape index (κ3) is 4.43. The molecule has 2 unspecified atom stereocenters. The van der Waals surface area contributed by atoms with Gasteiger partial charge in [-0.05, 0) is 37.3 Å². The Morgan fingerprint density at radius 3 is 2.96 bits per heavy atom. The highest BCUT2D eigenvalue weighted by Crippen LogP contribution is 2.24. The zero-order chi connectivity index (χ0) is 19.2. The van der Waals surface area contributed by atoms with Crippen molar-refractivity contribution in [2.75, 3.05) is 33.3 Å². The molecule has 1 fully saturated rings. The molecule has 2 atom stereocenters. The number of guanidine groups is 1. The average molecular weight is 370 g/mol. The molecule has 2 heterocycles. The number of aromatic nitrogens is 1. The number of methoxy groups -OCH3 is 1. The van der Waals surface area contributed by atoms with Crippen molar-refractivity contribution in [3.63, 3.8) is 0 Å². The fourth-order valence-corrected chi connectivity index (χ4v) is 3.82. The van der Waals surface area contributed by atoms with E-state index >= 15 is 0 Å². The smallest absolute Gasteiger partial charge is 0.310 e. The van der Waals surface area contributed by atoms with Crippen molar-refractivity contribution in [1.82, 2.24) is 15.2 Å². The lowest BCUT2D eigenvalue weighted by molar-refractivity contribution is -0.145. The van der Waals surface area contributed by atoms with Crippen LogP contribution in [0.25, 0.3) is 10.9 Å². The Morgan fingerprint density at radius 2 is 2.19 bits per heavy atom. The highest BCUT2D eigenvalue weighted by atomic mass is 16.5. The van der Waals surface area contributed by atoms with Crippen molar-refractivity contribution in [2.24, 2.45) is 16.8 Å². The van der Waals surface area contributed by atoms with Crippen LogP contribution in [0.1, 0.15) is 25.8 Å². The zero-order valence-corrected chi connectivity index (χ0v) is 16.5. The molecule has 6 nitrogen and oxygen atoms in total. The van der Waals surface area contributed by atoms with Gasteiger partial charge in [0.2, 0.25) is 0 Å². The molecule has 1 aromatic heterocycles. The van der Waals surface area contributed by atoms with Crippen molar-refractivity contribution in [3.05, 3.63) is 36.0 Å². The molecule has 2 aromatic rings. The van der Waals surface area contributed by atoms with Crippen LogP contribution in [0.3, 0.4) is 0 Å². The predicted molar refractivity (Wildman–Crippen MR) is 109 cm³/mol. The van der Waals surface area contributed by atoms with Gasteiger partial charge in [-0.2, -0.15) is 0 Å². The number of ether oxygens (including phenoxy) is 1. The maximum absolute atomic E-state index is 11.9. The Morgan fingerprint density at radius 1 is 1.37 bits per heavy atom. The van der Waals surface area contributed by atoms with Crippen LogP contribution in [-0.4, -0.2) is 55.1 Å². The van der Waals surface area contributed by atoms with E-state index in [-0.39, 0.29) is 17.8 Å². The summed E-state index contributed by atoms with van der Waals surface area (Å²) in [6.45, 7) is 7.24. The van der Waals surface area contributed by atoms with Crippen molar-refractivity contribution >= 4 is 22.8 Å². The summed E-state index contributed by atoms with van der Waals surface area (Å²) in [6.07, 6.45) is 4.08. The van der Waals surface area contributed by atoms with Gasteiger partial charge >= 0.3 is 5.97 Å². The lowest BCUT2D eigenvalue weighted by Gasteiger charge is -2.21. The molecule has 1 saturated heterocycles. The quantitative estimate of drug-likeness (QED) is 0.355. The van der Waals surface area contributed by atoms with Crippen LogP contribution in [0.5, 0.6) is 0 Å². The van der Waals surface area contributed by atoms with E-state index in [1.165, 1.54) is 23.6 Å². The molecule has 0 bridgehead atoms. The van der Waals surface area contributed by atoms with E-state index in [4.69, 9.17) is 9.73 Å². The van der Waals surface area contributed by atoms with Crippen LogP contribution in [-0.2, 0) is 16.0 Å². The van der Waals surface area contributed by atoms with Crippen LogP contribution in [0.2, 0.25) is 0 Å². The molecule has 2 N–H and O–H groups in total. The summed E-state index contributed by atoms with van der Waals surface area (Å²) in [4.78, 5) is 22.2. The van der Waals surface area contributed by atoms with Gasteiger partial charge in [-0.25, -0.2) is 0 Å². The Labute approximate surface area is 161 Å². The molecule has 1 aromatic carbocycles. The van der Waals surface area contributed by atoms with Crippen LogP contribution in [0, 0.1) is 11.8 Å². The maximum Gasteiger partial charge on any atom is 0.310 e. The largest absolute Gasteiger partial charge is 0.469 e. The number of hydrogen-bond donors (Lipinski definition) is 2. The molecule has 1 aliphatic heterocycles. The highest BCUT2D eigenvalue weighted by Gasteiger charge is 2.36. The van der Waals surface area contributed by atoms with Gasteiger partial charge in [-0.15, -0.1) is 0 Å². The second-order valence-electron chi connectivity index (χ2n) is 7.21. The van der Waals surface area contributed by atoms with Crippen LogP contribution < -0.4 is 5.32 Å². The van der Waals surface area contributed by atoms with E-state index in [0.29, 0.717) is 6.54 Å². The topological polar surface area (TPSA) is 69.7 Å². The number of esters is 1. The van der Waals surface area contributed by atoms with E-state index in [1.807, 2.05) is 6.07 Å². The number of aryl methyl sites for hydroxylation is 1. The predicted octanol–water partition coefficient (Wildman–Crippen LogP) is 2.81. The summed E-state index contributed by atoms with van der Waals surface area (Å²) in [5, 5.41) is 4.66. The number of carbonyl (C=O) groups excluding carboxylic acids is 1. The molecule has 0 aliphatic carbocycles. The summed E-state index contributed by atoms with van der Waals surface area (Å²) < 4.78 is 4.94. The normalized spacial score (nSPS) is 20.3. The van der Waals surface area contributed by atoms with Gasteiger partial charge in [0.25, 0.3) is 0 Å². The summed E-state index contributed by atoms with van der Waals surface area (Å²) in [7, 11) is 1.46. The molecule has 27 heavy (non-hydrogen) atoms. The number of hydrogen-bond acceptors (Lipinski definition) is 3. The number of nitrogens with one attached hydrogen (secondary N) is 2. The van der Waals surface area contributed by atoms with Gasteiger partial charge in [-0.1, -0.05) is 25.1 Å². The van der Waals surface area contributed by atoms with Crippen LogP contribution in [0.4, 0.5) is 0 Å².